The fourth-order valence-electron chi connectivity index (χ4n) is 10.0. The number of carbonyl (C=O) groups is 2. The molecule has 0 spiro atoms. The standard InChI is InChI=1S/C18H17ClN4O3S.C16H24BNO3.C12H13ClIN3O2S.C10H12BrNO.C6H4BrI.C4H9NO.BH3P/c19-13-7-14-17(22-18(20-14)27-9-15(25)26)21-16(13)10-1-3-11(4-2-10)23-6-5-12(24)8-23;1-15(2)16(3,4)21-17(20-15)12-5-7-13(8-6-12)18-10-9-14(19)11-18;1-12(2,3)19-8(18)5-20-11-15-7-4-6(13)9(14)16-10(7)17-11;11-8-1-3-9(4-2-8)12-6-5-10(13)7-12;7-5-1-3-6(8)4-2-5;6-4-1-2-5-3-4;1-2/h1-4,7,12,24H,5-6,8-9H2,(H,25,26)(H,20,21,22);5-8,14,19H,9-11H2,1-4H3;4H,5H2,1-3H3,(H,15,16,17);1-4,10,13H,5-7H2;1-4H;4-6H,1-3H2;1H,2H2/t12-;14-;;10-;;4-;/m00.0.0./s1/i;;;;;;1D. The molecule has 97 heavy (non-hydrogen) atoms. The van der Waals surface area contributed by atoms with Crippen molar-refractivity contribution in [2.24, 2.45) is 0 Å². The summed E-state index contributed by atoms with van der Waals surface area (Å²) in [5, 5.41) is 51.3. The number of ether oxygens (including phenoxy) is 1. The average Bonchev–Trinajstić information content (AvgIpc) is 1.61. The number of aliphatic carboxylic acids is 1. The fourth-order valence-corrected chi connectivity index (χ4v) is 13.0. The normalized spacial score (nSPS) is 19.1. The number of carboxylic acids is 1. The molecule has 5 aliphatic rings. The van der Waals surface area contributed by atoms with Crippen molar-refractivity contribution in [2.45, 2.75) is 126 Å². The predicted octanol–water partition coefficient (Wildman–Crippen LogP) is 12.3. The highest BCUT2D eigenvalue weighted by Crippen LogP contribution is 2.37. The van der Waals surface area contributed by atoms with Crippen molar-refractivity contribution in [3.63, 3.8) is 0 Å². The lowest BCUT2D eigenvalue weighted by atomic mass is 9.79. The molecule has 20 nitrogen and oxygen atoms in total. The second-order valence-electron chi connectivity index (χ2n) is 24.9. The number of benzene rings is 4. The lowest BCUT2D eigenvalue weighted by molar-refractivity contribution is -0.151. The number of nitrogens with zero attached hydrogens (tertiary/aromatic N) is 7. The van der Waals surface area contributed by atoms with Crippen LogP contribution in [0, 0.1) is 7.27 Å². The van der Waals surface area contributed by atoms with E-state index in [-0.39, 0.29) is 60.2 Å². The number of H-pyrrole nitrogens is 2. The Hall–Kier alpha value is -3.56. The number of halogens is 6. The van der Waals surface area contributed by atoms with E-state index in [1.54, 1.807) is 12.1 Å². The number of β-amino-alcohol motifs (C(OH)–C–C–N with tert-alkyl or cyclic N) is 4. The van der Waals surface area contributed by atoms with Gasteiger partial charge in [-0.3, -0.25) is 9.59 Å². The highest BCUT2D eigenvalue weighted by Gasteiger charge is 2.51. The lowest BCUT2D eigenvalue weighted by Crippen LogP contribution is -2.41. The van der Waals surface area contributed by atoms with Gasteiger partial charge in [-0.1, -0.05) is 103 Å². The molecule has 5 atom stereocenters. The number of imidazole rings is 2. The number of carbonyl (C=O) groups excluding carboxylic acids is 1. The van der Waals surface area contributed by atoms with E-state index >= 15 is 0 Å². The van der Waals surface area contributed by atoms with Crippen molar-refractivity contribution in [3.05, 3.63) is 135 Å². The Labute approximate surface area is 635 Å². The Balaban J connectivity index is 0.000000173. The minimum Gasteiger partial charge on any atom is -0.481 e. The smallest absolute Gasteiger partial charge is 0.481 e. The number of hydrogen-bond donors (Lipinski definition) is 8. The fraction of sp³-hybridized carbons (Fsp3) is 0.424. The van der Waals surface area contributed by atoms with Crippen molar-refractivity contribution in [1.29, 1.82) is 1.34 Å². The maximum Gasteiger partial charge on any atom is 0.494 e. The molecule has 0 aliphatic carbocycles. The number of hydrogen-bond acceptors (Lipinski definition) is 19. The molecule has 9 heterocycles. The van der Waals surface area contributed by atoms with E-state index < -0.39 is 11.6 Å². The summed E-state index contributed by atoms with van der Waals surface area (Å²) in [4.78, 5) is 52.5. The van der Waals surface area contributed by atoms with Crippen molar-refractivity contribution >= 4 is 204 Å². The molecular formula is C66H82B2Br2Cl2I2N10O10PS2. The molecule has 5 fully saturated rings. The van der Waals surface area contributed by atoms with Gasteiger partial charge >= 0.3 is 19.1 Å². The monoisotopic (exact) mass is 1770 g/mol. The average molecular weight is 1780 g/mol. The summed E-state index contributed by atoms with van der Waals surface area (Å²) in [5.74, 6) is -1.06. The molecule has 0 amide bonds. The van der Waals surface area contributed by atoms with Gasteiger partial charge in [-0.2, -0.15) is 9.12 Å². The van der Waals surface area contributed by atoms with Gasteiger partial charge in [0.05, 0.1) is 73.9 Å². The largest absolute Gasteiger partial charge is 0.494 e. The minimum absolute atomic E-state index is 0.0648. The van der Waals surface area contributed by atoms with E-state index in [1.807, 2.05) is 69.3 Å². The van der Waals surface area contributed by atoms with Crippen LogP contribution in [0.2, 0.25) is 10.0 Å². The van der Waals surface area contributed by atoms with Gasteiger partial charge in [-0.25, -0.2) is 19.9 Å². The van der Waals surface area contributed by atoms with Crippen LogP contribution in [-0.2, 0) is 23.6 Å². The van der Waals surface area contributed by atoms with Gasteiger partial charge < -0.3 is 69.6 Å². The van der Waals surface area contributed by atoms with E-state index in [2.05, 4.69) is 212 Å². The first-order chi connectivity index (χ1) is 46.4. The first kappa shape index (κ1) is 79.1. The third kappa shape index (κ3) is 25.4. The number of carboxylic acid groups (broad SMARTS) is 1. The summed E-state index contributed by atoms with van der Waals surface area (Å²) in [5.41, 5.74) is 7.33. The van der Waals surface area contributed by atoms with E-state index in [1.165, 1.54) is 28.5 Å². The Morgan fingerprint density at radius 1 is 0.691 bits per heavy atom. The molecule has 0 bridgehead atoms. The third-order valence-corrected chi connectivity index (χ3v) is 20.9. The lowest BCUT2D eigenvalue weighted by Gasteiger charge is -2.32. The molecule has 5 saturated heterocycles. The maximum atomic E-state index is 11.6. The Kier molecular flexibility index (Phi) is 31.1. The number of aromatic amines is 2. The maximum absolute atomic E-state index is 11.6. The Bertz CT molecular complexity index is 3770. The molecule has 31 heteroatoms. The molecule has 8 N–H and O–H groups in total. The van der Waals surface area contributed by atoms with Gasteiger partial charge in [-0.15, -0.1) is 0 Å². The van der Waals surface area contributed by atoms with Gasteiger partial charge in [0, 0.05) is 81.0 Å². The number of nitrogens with one attached hydrogen (secondary N) is 3. The molecule has 4 aromatic heterocycles. The van der Waals surface area contributed by atoms with Crippen LogP contribution in [0.5, 0.6) is 0 Å². The van der Waals surface area contributed by atoms with E-state index in [9.17, 15) is 24.9 Å². The van der Waals surface area contributed by atoms with Gasteiger partial charge in [-0.05, 0) is 218 Å². The number of aliphatic hydroxyl groups is 4. The molecule has 1 unspecified atom stereocenters. The predicted molar refractivity (Wildman–Crippen MR) is 423 cm³/mol. The van der Waals surface area contributed by atoms with E-state index in [4.69, 9.17) is 48.8 Å². The van der Waals surface area contributed by atoms with Crippen LogP contribution in [0.1, 0.15) is 74.1 Å². The van der Waals surface area contributed by atoms with Crippen molar-refractivity contribution in [3.8, 4) is 11.3 Å². The first-order valence-electron chi connectivity index (χ1n) is 31.7. The number of esters is 1. The first-order valence-corrected chi connectivity index (χ1v) is 38.3. The van der Waals surface area contributed by atoms with Crippen LogP contribution in [0.15, 0.2) is 128 Å². The number of thioether (sulfide) groups is 2. The summed E-state index contributed by atoms with van der Waals surface area (Å²) in [7, 11) is 2.98. The highest BCUT2D eigenvalue weighted by atomic mass is 127. The SMILES string of the molecule is Brc1ccc(I)cc1.CC(C)(C)OC(=O)CSc1nc2nc(I)c(Cl)cc2[nH]1.CC1(C)OB(c2ccc(N3CC[C@H](O)C3)cc2)OC1(C)C.O=C(O)CSc1nc2nc(-c3ccc(N4CC[C@H](O)C4)cc3)c(Cl)cc2[nH]1.O[C@H]1CCN(c2ccc(Br)cc2)C1.O[C@H]1CCNC1.[2H][B]P. The summed E-state index contributed by atoms with van der Waals surface area (Å²) in [6.45, 7) is 20.4. The topological polar surface area (TPSA) is 268 Å². The van der Waals surface area contributed by atoms with Gasteiger partial charge in [0.2, 0.25) is 0 Å². The molecule has 1 radical (unpaired) electrons. The molecule has 521 valence electrons. The van der Waals surface area contributed by atoms with Gasteiger partial charge in [0.25, 0.3) is 0 Å². The number of pyridine rings is 2. The second-order valence-corrected chi connectivity index (χ2v) is 31.8. The molecule has 5 aliphatic heterocycles. The van der Waals surface area contributed by atoms with E-state index in [0.717, 1.165) is 120 Å². The number of rotatable bonds is 11. The van der Waals surface area contributed by atoms with Crippen LogP contribution in [0.3, 0.4) is 0 Å². The summed E-state index contributed by atoms with van der Waals surface area (Å²) in [6.07, 6.45) is 2.76. The molecular weight excluding hydrogens is 1690 g/mol. The molecule has 13 rings (SSSR count). The van der Waals surface area contributed by atoms with Crippen LogP contribution in [0.4, 0.5) is 17.1 Å². The molecule has 8 aromatic rings. The molecule has 4 aromatic carbocycles. The van der Waals surface area contributed by atoms with Crippen LogP contribution in [-0.4, -0.2) is 188 Å². The number of fused-ring (bicyclic) bond motifs is 2. The quantitative estimate of drug-likeness (QED) is 0.0149. The zero-order valence-corrected chi connectivity index (χ0v) is 66.6. The van der Waals surface area contributed by atoms with Gasteiger partial charge in [0.15, 0.2) is 21.6 Å². The van der Waals surface area contributed by atoms with Crippen molar-refractivity contribution in [1.82, 2.24) is 35.2 Å². The van der Waals surface area contributed by atoms with Crippen molar-refractivity contribution < 1.29 is 49.2 Å². The number of aromatic nitrogens is 6. The summed E-state index contributed by atoms with van der Waals surface area (Å²) < 4.78 is 27.6. The zero-order chi connectivity index (χ0) is 71.5. The van der Waals surface area contributed by atoms with E-state index in [0.29, 0.717) is 53.1 Å². The number of aliphatic hydroxyl groups excluding tert-OH is 4. The van der Waals surface area contributed by atoms with Gasteiger partial charge in [0.1, 0.15) is 16.8 Å². The van der Waals surface area contributed by atoms with Crippen LogP contribution in [0.25, 0.3) is 33.6 Å². The van der Waals surface area contributed by atoms with Crippen LogP contribution >= 0.6 is 133 Å². The number of anilines is 3. The Morgan fingerprint density at radius 3 is 1.53 bits per heavy atom. The highest BCUT2D eigenvalue weighted by molar-refractivity contribution is 14.1. The molecule has 0 saturated carbocycles. The second kappa shape index (κ2) is 38.1. The zero-order valence-electron chi connectivity index (χ0n) is 55.8. The summed E-state index contributed by atoms with van der Waals surface area (Å²) >= 11 is 25.9. The summed E-state index contributed by atoms with van der Waals surface area (Å²) in [6, 6.07) is 36.1. The third-order valence-electron chi connectivity index (χ3n) is 15.7. The van der Waals surface area contributed by atoms with Crippen molar-refractivity contribution in [2.75, 3.05) is 78.6 Å². The minimum atomic E-state index is -0.905. The Morgan fingerprint density at radius 2 is 1.12 bits per heavy atom. The van der Waals surface area contributed by atoms with Crippen LogP contribution < -0.4 is 25.5 Å².